The Balaban J connectivity index is 1.35. The highest BCUT2D eigenvalue weighted by molar-refractivity contribution is 7.12. The summed E-state index contributed by atoms with van der Waals surface area (Å²) in [4.78, 5) is 42.3. The van der Waals surface area contributed by atoms with Gasteiger partial charge >= 0.3 is 0 Å². The van der Waals surface area contributed by atoms with Gasteiger partial charge < -0.3 is 9.80 Å². The molecule has 0 bridgehead atoms. The second-order valence-corrected chi connectivity index (χ2v) is 12.6. The van der Waals surface area contributed by atoms with Gasteiger partial charge in [-0.15, -0.1) is 11.3 Å². The third-order valence-electron chi connectivity index (χ3n) is 8.24. The molecule has 226 valence electrons. The normalized spacial score (nSPS) is 13.4. The lowest BCUT2D eigenvalue weighted by Gasteiger charge is -2.37. The molecule has 3 heterocycles. The minimum Gasteiger partial charge on any atom is -0.336 e. The Labute approximate surface area is 268 Å². The van der Waals surface area contributed by atoms with Crippen molar-refractivity contribution in [1.29, 1.82) is 0 Å². The number of hydrogen-bond donors (Lipinski definition) is 0. The standard InChI is InChI=1S/C38H36N4O2S/c1-27-36(45-28(2)40-27)19-20-37(43)42(25-30-15-17-32(18-16-30)34-14-8-9-22-39-34)35(24-29-10-4-3-5-11-29)38(44)41-23-21-31-12-6-7-13-33(31)26-41/h3-20,22,35H,21,23-26H2,1-2H3/b20-19+/t35-/m0/s1. The van der Waals surface area contributed by atoms with Crippen molar-refractivity contribution in [3.63, 3.8) is 0 Å². The molecular weight excluding hydrogens is 577 g/mol. The molecule has 0 radical (unpaired) electrons. The second kappa shape index (κ2) is 13.8. The van der Waals surface area contributed by atoms with Crippen molar-refractivity contribution in [2.24, 2.45) is 0 Å². The van der Waals surface area contributed by atoms with Crippen LogP contribution in [0.4, 0.5) is 0 Å². The van der Waals surface area contributed by atoms with E-state index in [2.05, 4.69) is 22.1 Å². The molecule has 1 atom stereocenters. The highest BCUT2D eigenvalue weighted by atomic mass is 32.1. The third-order valence-corrected chi connectivity index (χ3v) is 9.28. The first-order chi connectivity index (χ1) is 21.9. The van der Waals surface area contributed by atoms with Gasteiger partial charge in [0.2, 0.25) is 11.8 Å². The number of rotatable bonds is 9. The van der Waals surface area contributed by atoms with Gasteiger partial charge in [0.1, 0.15) is 6.04 Å². The molecule has 5 aromatic rings. The van der Waals surface area contributed by atoms with Crippen molar-refractivity contribution in [2.45, 2.75) is 45.8 Å². The molecule has 0 saturated heterocycles. The van der Waals surface area contributed by atoms with Crippen LogP contribution in [0.25, 0.3) is 17.3 Å². The van der Waals surface area contributed by atoms with Crippen LogP contribution in [0.5, 0.6) is 0 Å². The van der Waals surface area contributed by atoms with E-state index in [0.717, 1.165) is 49.9 Å². The van der Waals surface area contributed by atoms with Crippen molar-refractivity contribution in [3.05, 3.63) is 147 Å². The van der Waals surface area contributed by atoms with Crippen LogP contribution >= 0.6 is 11.3 Å². The molecule has 45 heavy (non-hydrogen) atoms. The number of nitrogens with zero attached hydrogens (tertiary/aromatic N) is 4. The number of carbonyl (C=O) groups is 2. The molecule has 1 aliphatic heterocycles. The largest absolute Gasteiger partial charge is 0.336 e. The summed E-state index contributed by atoms with van der Waals surface area (Å²) in [6.45, 7) is 5.36. The average Bonchev–Trinajstić information content (AvgIpc) is 3.41. The number of benzene rings is 3. The van der Waals surface area contributed by atoms with Gasteiger partial charge in [-0.05, 0) is 60.7 Å². The van der Waals surface area contributed by atoms with Gasteiger partial charge in [0.05, 0.1) is 21.3 Å². The summed E-state index contributed by atoms with van der Waals surface area (Å²) in [7, 11) is 0. The molecule has 0 fully saturated rings. The van der Waals surface area contributed by atoms with Crippen LogP contribution in [-0.2, 0) is 35.5 Å². The number of pyridine rings is 1. The number of fused-ring (bicyclic) bond motifs is 1. The molecular formula is C38H36N4O2S. The molecule has 0 aliphatic carbocycles. The molecule has 3 aromatic carbocycles. The van der Waals surface area contributed by atoms with Crippen LogP contribution in [-0.4, -0.2) is 44.2 Å². The van der Waals surface area contributed by atoms with Crippen LogP contribution in [0, 0.1) is 13.8 Å². The summed E-state index contributed by atoms with van der Waals surface area (Å²) in [6.07, 6.45) is 6.43. The molecule has 7 heteroatoms. The Morgan fingerprint density at radius 3 is 2.33 bits per heavy atom. The van der Waals surface area contributed by atoms with E-state index >= 15 is 0 Å². The lowest BCUT2D eigenvalue weighted by Crippen LogP contribution is -2.52. The van der Waals surface area contributed by atoms with E-state index < -0.39 is 6.04 Å². The molecule has 6 nitrogen and oxygen atoms in total. The topological polar surface area (TPSA) is 66.4 Å². The summed E-state index contributed by atoms with van der Waals surface area (Å²) in [5, 5.41) is 0.951. The zero-order valence-electron chi connectivity index (χ0n) is 25.6. The van der Waals surface area contributed by atoms with E-state index in [1.807, 2.05) is 110 Å². The Morgan fingerprint density at radius 2 is 1.62 bits per heavy atom. The number of amides is 2. The minimum atomic E-state index is -0.686. The SMILES string of the molecule is Cc1nc(C)c(/C=C/C(=O)N(Cc2ccc(-c3ccccn3)cc2)[C@@H](Cc2ccccc2)C(=O)N2CCc3ccccc3C2)s1. The van der Waals surface area contributed by atoms with E-state index in [9.17, 15) is 9.59 Å². The van der Waals surface area contributed by atoms with Crippen LogP contribution in [0.1, 0.15) is 37.8 Å². The van der Waals surface area contributed by atoms with Gasteiger partial charge in [-0.2, -0.15) is 0 Å². The van der Waals surface area contributed by atoms with E-state index in [4.69, 9.17) is 0 Å². The van der Waals surface area contributed by atoms with Crippen molar-refractivity contribution in [1.82, 2.24) is 19.8 Å². The maximum atomic E-state index is 14.5. The monoisotopic (exact) mass is 612 g/mol. The summed E-state index contributed by atoms with van der Waals surface area (Å²) in [5.74, 6) is -0.244. The molecule has 2 aromatic heterocycles. The Morgan fingerprint density at radius 1 is 0.889 bits per heavy atom. The fourth-order valence-corrected chi connectivity index (χ4v) is 6.69. The Bertz CT molecular complexity index is 1800. The molecule has 0 saturated carbocycles. The fourth-order valence-electron chi connectivity index (χ4n) is 5.86. The van der Waals surface area contributed by atoms with Crippen molar-refractivity contribution >= 4 is 29.2 Å². The van der Waals surface area contributed by atoms with Gasteiger partial charge in [-0.1, -0.05) is 84.9 Å². The lowest BCUT2D eigenvalue weighted by molar-refractivity contribution is -0.144. The van der Waals surface area contributed by atoms with Gasteiger partial charge in [0.25, 0.3) is 0 Å². The number of hydrogen-bond acceptors (Lipinski definition) is 5. The summed E-state index contributed by atoms with van der Waals surface area (Å²) >= 11 is 1.56. The lowest BCUT2D eigenvalue weighted by atomic mass is 9.97. The Kier molecular flexibility index (Phi) is 9.27. The van der Waals surface area contributed by atoms with Gasteiger partial charge in [-0.25, -0.2) is 4.98 Å². The third kappa shape index (κ3) is 7.27. The van der Waals surface area contributed by atoms with Crippen molar-refractivity contribution in [3.8, 4) is 11.3 Å². The highest BCUT2D eigenvalue weighted by Crippen LogP contribution is 2.25. The number of aromatic nitrogens is 2. The number of carbonyl (C=O) groups excluding carboxylic acids is 2. The van der Waals surface area contributed by atoms with Gasteiger partial charge in [-0.3, -0.25) is 14.6 Å². The molecule has 0 unspecified atom stereocenters. The van der Waals surface area contributed by atoms with Crippen molar-refractivity contribution < 1.29 is 9.59 Å². The molecule has 1 aliphatic rings. The highest BCUT2D eigenvalue weighted by Gasteiger charge is 2.34. The fraction of sp³-hybridized carbons (Fsp3) is 0.211. The zero-order valence-corrected chi connectivity index (χ0v) is 26.4. The Hall–Kier alpha value is -4.88. The van der Waals surface area contributed by atoms with E-state index in [0.29, 0.717) is 26.1 Å². The summed E-state index contributed by atoms with van der Waals surface area (Å²) < 4.78 is 0. The first kappa shape index (κ1) is 30.2. The predicted octanol–water partition coefficient (Wildman–Crippen LogP) is 7.06. The number of aryl methyl sites for hydroxylation is 2. The quantitative estimate of drug-likeness (QED) is 0.167. The van der Waals surface area contributed by atoms with Crippen molar-refractivity contribution in [2.75, 3.05) is 6.54 Å². The molecule has 0 spiro atoms. The van der Waals surface area contributed by atoms with Gasteiger partial charge in [0.15, 0.2) is 0 Å². The maximum absolute atomic E-state index is 14.5. The van der Waals surface area contributed by atoms with Gasteiger partial charge in [0, 0.05) is 43.9 Å². The molecule has 0 N–H and O–H groups in total. The zero-order chi connectivity index (χ0) is 31.2. The summed E-state index contributed by atoms with van der Waals surface area (Å²) in [5.41, 5.74) is 7.16. The predicted molar refractivity (Wildman–Crippen MR) is 180 cm³/mol. The molecule has 2 amide bonds. The van der Waals surface area contributed by atoms with Crippen LogP contribution in [0.15, 0.2) is 109 Å². The summed E-state index contributed by atoms with van der Waals surface area (Å²) in [6, 6.07) is 31.5. The average molecular weight is 613 g/mol. The van der Waals surface area contributed by atoms with E-state index in [1.54, 1.807) is 28.5 Å². The van der Waals surface area contributed by atoms with Crippen LogP contribution in [0.2, 0.25) is 0 Å². The maximum Gasteiger partial charge on any atom is 0.247 e. The number of thiazole rings is 1. The van der Waals surface area contributed by atoms with Crippen LogP contribution in [0.3, 0.4) is 0 Å². The first-order valence-corrected chi connectivity index (χ1v) is 16.1. The van der Waals surface area contributed by atoms with Crippen LogP contribution < -0.4 is 0 Å². The van der Waals surface area contributed by atoms with E-state index in [1.165, 1.54) is 5.56 Å². The minimum absolute atomic E-state index is 0.0370. The smallest absolute Gasteiger partial charge is 0.247 e. The molecule has 6 rings (SSSR count). The second-order valence-electron chi connectivity index (χ2n) is 11.4. The van der Waals surface area contributed by atoms with E-state index in [-0.39, 0.29) is 11.8 Å². The first-order valence-electron chi connectivity index (χ1n) is 15.3.